The van der Waals surface area contributed by atoms with Gasteiger partial charge in [-0.1, -0.05) is 17.3 Å². The van der Waals surface area contributed by atoms with Gasteiger partial charge in [-0.05, 0) is 29.1 Å². The number of benzene rings is 1. The smallest absolute Gasteiger partial charge is 0.269 e. The Labute approximate surface area is 125 Å². The van der Waals surface area contributed by atoms with E-state index >= 15 is 0 Å². The Hall–Kier alpha value is -2.54. The van der Waals surface area contributed by atoms with Crippen LogP contribution >= 0.6 is 11.3 Å². The molecule has 4 N–H and O–H groups in total. The number of thiophene rings is 1. The molecule has 1 heterocycles. The number of carbonyl (C=O) groups is 1. The molecule has 0 bridgehead atoms. The number of nitrogens with one attached hydrogen (secondary N) is 1. The second-order valence-electron chi connectivity index (χ2n) is 4.24. The number of amidine groups is 1. The highest BCUT2D eigenvalue weighted by Crippen LogP contribution is 2.25. The molecule has 6 nitrogen and oxygen atoms in total. The second-order valence-corrected chi connectivity index (χ2v) is 5.15. The number of rotatable bonds is 5. The van der Waals surface area contributed by atoms with E-state index in [-0.39, 0.29) is 11.7 Å². The van der Waals surface area contributed by atoms with Crippen molar-refractivity contribution in [1.82, 2.24) is 0 Å². The van der Waals surface area contributed by atoms with Crippen LogP contribution in [0.1, 0.15) is 15.2 Å². The van der Waals surface area contributed by atoms with Crippen LogP contribution in [0.5, 0.6) is 5.75 Å². The molecule has 0 saturated heterocycles. The molecule has 0 aliphatic carbocycles. The van der Waals surface area contributed by atoms with E-state index in [1.165, 1.54) is 18.4 Å². The maximum atomic E-state index is 12.1. The average Bonchev–Trinajstić information content (AvgIpc) is 2.97. The van der Waals surface area contributed by atoms with Crippen LogP contribution in [-0.2, 0) is 6.42 Å². The minimum atomic E-state index is -0.217. The summed E-state index contributed by atoms with van der Waals surface area (Å²) in [5.74, 6) is 0.474. The van der Waals surface area contributed by atoms with Crippen LogP contribution in [0, 0.1) is 0 Å². The lowest BCUT2D eigenvalue weighted by Gasteiger charge is -2.06. The molecule has 0 radical (unpaired) electrons. The van der Waals surface area contributed by atoms with Gasteiger partial charge in [0.15, 0.2) is 0 Å². The topological polar surface area (TPSA) is 96.9 Å². The van der Waals surface area contributed by atoms with Gasteiger partial charge in [-0.2, -0.15) is 0 Å². The molecule has 0 fully saturated rings. The average molecular weight is 305 g/mol. The number of hydrogen-bond acceptors (Lipinski definition) is 5. The number of anilines is 1. The summed E-state index contributed by atoms with van der Waals surface area (Å²) in [5, 5.41) is 16.0. The van der Waals surface area contributed by atoms with Crippen LogP contribution in [0.3, 0.4) is 0 Å². The van der Waals surface area contributed by atoms with Crippen molar-refractivity contribution in [1.29, 1.82) is 0 Å². The highest BCUT2D eigenvalue weighted by atomic mass is 32.1. The lowest BCUT2D eigenvalue weighted by Crippen LogP contribution is -2.15. The van der Waals surface area contributed by atoms with Gasteiger partial charge in [0.2, 0.25) is 0 Å². The normalized spacial score (nSPS) is 11.2. The van der Waals surface area contributed by atoms with Crippen LogP contribution in [-0.4, -0.2) is 24.1 Å². The van der Waals surface area contributed by atoms with Crippen molar-refractivity contribution in [2.45, 2.75) is 6.42 Å². The van der Waals surface area contributed by atoms with E-state index in [1.807, 2.05) is 0 Å². The van der Waals surface area contributed by atoms with Gasteiger partial charge in [0.1, 0.15) is 16.5 Å². The molecule has 2 aromatic rings. The summed E-state index contributed by atoms with van der Waals surface area (Å²) < 4.78 is 5.12. The van der Waals surface area contributed by atoms with E-state index in [4.69, 9.17) is 15.7 Å². The van der Waals surface area contributed by atoms with E-state index in [2.05, 4.69) is 10.5 Å². The molecular formula is C14H15N3O3S. The number of oxime groups is 1. The summed E-state index contributed by atoms with van der Waals surface area (Å²) in [6, 6.07) is 8.88. The Morgan fingerprint density at radius 1 is 1.38 bits per heavy atom. The van der Waals surface area contributed by atoms with Gasteiger partial charge < -0.3 is 21.0 Å². The lowest BCUT2D eigenvalue weighted by atomic mass is 10.1. The molecule has 0 aliphatic rings. The number of hydrogen-bond donors (Lipinski definition) is 3. The minimum absolute atomic E-state index is 0.134. The van der Waals surface area contributed by atoms with Gasteiger partial charge >= 0.3 is 0 Å². The predicted octanol–water partition coefficient (Wildman–Crippen LogP) is 2.30. The first-order chi connectivity index (χ1) is 10.1. The number of nitrogens with zero attached hydrogens (tertiary/aromatic N) is 1. The van der Waals surface area contributed by atoms with Crippen LogP contribution in [0.4, 0.5) is 5.69 Å². The molecule has 0 unspecified atom stereocenters. The molecule has 0 spiro atoms. The van der Waals surface area contributed by atoms with Crippen molar-refractivity contribution in [3.05, 3.63) is 46.2 Å². The summed E-state index contributed by atoms with van der Waals surface area (Å²) in [6.07, 6.45) is 0.351. The third kappa shape index (κ3) is 3.73. The zero-order chi connectivity index (χ0) is 15.2. The summed E-state index contributed by atoms with van der Waals surface area (Å²) in [5.41, 5.74) is 6.99. The largest absolute Gasteiger partial charge is 0.495 e. The fourth-order valence-corrected chi connectivity index (χ4v) is 2.52. The lowest BCUT2D eigenvalue weighted by molar-refractivity contribution is 0.102. The third-order valence-electron chi connectivity index (χ3n) is 2.78. The molecule has 0 aliphatic heterocycles. The number of nitrogens with two attached hydrogens (primary N) is 1. The summed E-state index contributed by atoms with van der Waals surface area (Å²) in [4.78, 5) is 12.6. The second kappa shape index (κ2) is 6.76. The first kappa shape index (κ1) is 14.9. The predicted molar refractivity (Wildman–Crippen MR) is 82.4 cm³/mol. The van der Waals surface area contributed by atoms with Crippen molar-refractivity contribution in [3.8, 4) is 5.75 Å². The van der Waals surface area contributed by atoms with Crippen molar-refractivity contribution < 1.29 is 14.7 Å². The Morgan fingerprint density at radius 3 is 2.71 bits per heavy atom. The minimum Gasteiger partial charge on any atom is -0.495 e. The third-order valence-corrected chi connectivity index (χ3v) is 3.68. The number of amides is 1. The fourth-order valence-electron chi connectivity index (χ4n) is 1.76. The van der Waals surface area contributed by atoms with E-state index in [9.17, 15) is 4.79 Å². The quantitative estimate of drug-likeness (QED) is 0.342. The summed E-state index contributed by atoms with van der Waals surface area (Å²) in [7, 11) is 1.53. The Morgan fingerprint density at radius 2 is 2.10 bits per heavy atom. The molecule has 1 amide bonds. The van der Waals surface area contributed by atoms with E-state index < -0.39 is 0 Å². The van der Waals surface area contributed by atoms with Crippen LogP contribution in [0.2, 0.25) is 0 Å². The fraction of sp³-hybridized carbons (Fsp3) is 0.143. The van der Waals surface area contributed by atoms with Gasteiger partial charge in [0, 0.05) is 12.1 Å². The van der Waals surface area contributed by atoms with E-state index in [0.29, 0.717) is 22.7 Å². The molecule has 21 heavy (non-hydrogen) atoms. The molecule has 2 rings (SSSR count). The van der Waals surface area contributed by atoms with Crippen molar-refractivity contribution in [3.63, 3.8) is 0 Å². The van der Waals surface area contributed by atoms with Crippen molar-refractivity contribution >= 4 is 28.8 Å². The molecule has 1 aromatic carbocycles. The van der Waals surface area contributed by atoms with Crippen molar-refractivity contribution in [2.75, 3.05) is 12.4 Å². The van der Waals surface area contributed by atoms with E-state index in [1.54, 1.807) is 35.7 Å². The highest BCUT2D eigenvalue weighted by Gasteiger charge is 2.13. The van der Waals surface area contributed by atoms with Gasteiger partial charge in [-0.25, -0.2) is 0 Å². The first-order valence-corrected chi connectivity index (χ1v) is 7.00. The molecule has 1 aromatic heterocycles. The van der Waals surface area contributed by atoms with E-state index in [0.717, 1.165) is 5.56 Å². The Bertz CT molecular complexity index is 650. The maximum absolute atomic E-state index is 12.1. The molecule has 0 atom stereocenters. The van der Waals surface area contributed by atoms with Crippen LogP contribution in [0.25, 0.3) is 0 Å². The van der Waals surface area contributed by atoms with Crippen molar-refractivity contribution in [2.24, 2.45) is 10.9 Å². The molecule has 7 heteroatoms. The monoisotopic (exact) mass is 305 g/mol. The maximum Gasteiger partial charge on any atom is 0.269 e. The SMILES string of the molecule is COc1ccsc1C(=O)Nc1ccc(C/C(N)=N/O)cc1. The number of methoxy groups -OCH3 is 1. The summed E-state index contributed by atoms with van der Waals surface area (Å²) >= 11 is 1.32. The highest BCUT2D eigenvalue weighted by molar-refractivity contribution is 7.12. The van der Waals surface area contributed by atoms with Gasteiger partial charge in [0.25, 0.3) is 5.91 Å². The Balaban J connectivity index is 2.05. The molecule has 110 valence electrons. The first-order valence-electron chi connectivity index (χ1n) is 6.12. The number of ether oxygens (including phenoxy) is 1. The summed E-state index contributed by atoms with van der Waals surface area (Å²) in [6.45, 7) is 0. The number of carbonyl (C=O) groups excluding carboxylic acids is 1. The Kier molecular flexibility index (Phi) is 4.78. The standard InChI is InChI=1S/C14H15N3O3S/c1-20-11-6-7-21-13(11)14(18)16-10-4-2-9(3-5-10)8-12(15)17-19/h2-7,19H,8H2,1H3,(H2,15,17)(H,16,18). The molecular weight excluding hydrogens is 290 g/mol. The zero-order valence-corrected chi connectivity index (χ0v) is 12.2. The van der Waals surface area contributed by atoms with Gasteiger partial charge in [-0.15, -0.1) is 11.3 Å². The zero-order valence-electron chi connectivity index (χ0n) is 11.4. The van der Waals surface area contributed by atoms with Crippen LogP contribution < -0.4 is 15.8 Å². The van der Waals surface area contributed by atoms with Gasteiger partial charge in [-0.3, -0.25) is 4.79 Å². The van der Waals surface area contributed by atoms with Crippen LogP contribution in [0.15, 0.2) is 40.9 Å². The van der Waals surface area contributed by atoms with Gasteiger partial charge in [0.05, 0.1) is 7.11 Å². The molecule has 0 saturated carbocycles.